The number of hydrogen-bond donors (Lipinski definition) is 2. The fraction of sp³-hybridized carbons (Fsp3) is 0.235. The van der Waals surface area contributed by atoms with Crippen molar-refractivity contribution in [2.75, 3.05) is 0 Å². The summed E-state index contributed by atoms with van der Waals surface area (Å²) in [5.74, 6) is -0.392. The highest BCUT2D eigenvalue weighted by atomic mass is 35.5. The van der Waals surface area contributed by atoms with Gasteiger partial charge in [0.2, 0.25) is 0 Å². The summed E-state index contributed by atoms with van der Waals surface area (Å²) >= 11 is 6.05. The number of nitrogens with zero attached hydrogens (tertiary/aromatic N) is 2. The Bertz CT molecular complexity index is 727. The van der Waals surface area contributed by atoms with Crippen molar-refractivity contribution in [2.24, 2.45) is 5.10 Å². The maximum absolute atomic E-state index is 12.0. The molecular weight excluding hydrogens is 312 g/mol. The van der Waals surface area contributed by atoms with Crippen LogP contribution in [0.1, 0.15) is 42.5 Å². The first-order valence-electron chi connectivity index (χ1n) is 7.18. The predicted octanol–water partition coefficient (Wildman–Crippen LogP) is 3.70. The van der Waals surface area contributed by atoms with Gasteiger partial charge >= 0.3 is 0 Å². The Morgan fingerprint density at radius 2 is 2.00 bits per heavy atom. The van der Waals surface area contributed by atoms with Crippen LogP contribution >= 0.6 is 11.6 Å². The van der Waals surface area contributed by atoms with Crippen molar-refractivity contribution in [2.45, 2.75) is 26.2 Å². The molecule has 2 rings (SSSR count). The molecule has 0 radical (unpaired) electrons. The van der Waals surface area contributed by atoms with E-state index in [9.17, 15) is 4.79 Å². The lowest BCUT2D eigenvalue weighted by atomic mass is 9.92. The van der Waals surface area contributed by atoms with Crippen LogP contribution in [-0.2, 0) is 5.41 Å². The van der Waals surface area contributed by atoms with E-state index in [4.69, 9.17) is 11.6 Å². The van der Waals surface area contributed by atoms with Gasteiger partial charge in [0.15, 0.2) is 5.69 Å². The molecule has 0 aliphatic carbocycles. The Labute approximate surface area is 140 Å². The molecule has 0 aliphatic heterocycles. The van der Waals surface area contributed by atoms with E-state index in [1.807, 2.05) is 51.1 Å². The predicted molar refractivity (Wildman–Crippen MR) is 93.5 cm³/mol. The van der Waals surface area contributed by atoms with Crippen LogP contribution in [-0.4, -0.2) is 22.3 Å². The molecule has 5 nitrogen and oxygen atoms in total. The number of allylic oxidation sites excluding steroid dienone is 1. The number of benzene rings is 1. The molecule has 2 aromatic rings. The monoisotopic (exact) mass is 330 g/mol. The van der Waals surface area contributed by atoms with E-state index in [1.165, 1.54) is 6.21 Å². The number of hydrogen-bond acceptors (Lipinski definition) is 3. The molecule has 2 N–H and O–H groups in total. The molecule has 0 fully saturated rings. The van der Waals surface area contributed by atoms with Crippen LogP contribution in [0.5, 0.6) is 0 Å². The molecule has 1 aromatic carbocycles. The molecule has 0 saturated heterocycles. The van der Waals surface area contributed by atoms with Gasteiger partial charge in [0, 0.05) is 11.1 Å². The zero-order valence-corrected chi connectivity index (χ0v) is 14.1. The van der Waals surface area contributed by atoms with E-state index < -0.39 is 5.91 Å². The van der Waals surface area contributed by atoms with E-state index in [1.54, 1.807) is 12.1 Å². The van der Waals surface area contributed by atoms with Crippen molar-refractivity contribution in [1.82, 2.24) is 15.6 Å². The summed E-state index contributed by atoms with van der Waals surface area (Å²) in [5.41, 5.74) is 4.43. The summed E-state index contributed by atoms with van der Waals surface area (Å²) in [5, 5.41) is 11.1. The highest BCUT2D eigenvalue weighted by Crippen LogP contribution is 2.20. The van der Waals surface area contributed by atoms with Crippen molar-refractivity contribution in [3.05, 3.63) is 58.4 Å². The lowest BCUT2D eigenvalue weighted by Gasteiger charge is -2.14. The molecule has 23 heavy (non-hydrogen) atoms. The lowest BCUT2D eigenvalue weighted by Crippen LogP contribution is -2.18. The zero-order valence-electron chi connectivity index (χ0n) is 13.3. The zero-order chi connectivity index (χ0) is 16.9. The van der Waals surface area contributed by atoms with Gasteiger partial charge in [-0.3, -0.25) is 9.89 Å². The molecule has 1 heterocycles. The van der Waals surface area contributed by atoms with Crippen LogP contribution < -0.4 is 5.43 Å². The van der Waals surface area contributed by atoms with Gasteiger partial charge in [0.1, 0.15) is 0 Å². The molecule has 0 bridgehead atoms. The maximum Gasteiger partial charge on any atom is 0.291 e. The van der Waals surface area contributed by atoms with Crippen molar-refractivity contribution >= 4 is 29.8 Å². The minimum Gasteiger partial charge on any atom is -0.281 e. The molecule has 1 amide bonds. The third-order valence-corrected chi connectivity index (χ3v) is 3.28. The Hall–Kier alpha value is -2.40. The maximum atomic E-state index is 12.0. The smallest absolute Gasteiger partial charge is 0.281 e. The van der Waals surface area contributed by atoms with Gasteiger partial charge in [-0.1, -0.05) is 62.7 Å². The number of carbonyl (C=O) groups excluding carboxylic acids is 1. The number of amides is 1. The van der Waals surface area contributed by atoms with Crippen LogP contribution in [0.25, 0.3) is 6.08 Å². The Kier molecular flexibility index (Phi) is 5.34. The SMILES string of the molecule is CC(C)(C)c1cc(C(=O)N/N=C/C(Cl)=C/c2ccccc2)n[nH]1. The average Bonchev–Trinajstić information content (AvgIpc) is 2.98. The number of nitrogens with one attached hydrogen (secondary N) is 2. The fourth-order valence-corrected chi connectivity index (χ4v) is 1.95. The molecule has 0 unspecified atom stereocenters. The first-order chi connectivity index (χ1) is 10.9. The summed E-state index contributed by atoms with van der Waals surface area (Å²) in [4.78, 5) is 12.0. The fourth-order valence-electron chi connectivity index (χ4n) is 1.78. The van der Waals surface area contributed by atoms with Crippen molar-refractivity contribution in [1.29, 1.82) is 0 Å². The number of hydrazone groups is 1. The molecule has 0 aliphatic rings. The van der Waals surface area contributed by atoms with Crippen LogP contribution in [0.15, 0.2) is 46.5 Å². The summed E-state index contributed by atoms with van der Waals surface area (Å²) in [7, 11) is 0. The quantitative estimate of drug-likeness (QED) is 0.662. The van der Waals surface area contributed by atoms with E-state index in [-0.39, 0.29) is 11.1 Å². The Balaban J connectivity index is 1.96. The molecule has 1 aromatic heterocycles. The van der Waals surface area contributed by atoms with Crippen LogP contribution in [0, 0.1) is 0 Å². The number of aromatic nitrogens is 2. The van der Waals surface area contributed by atoms with Crippen molar-refractivity contribution in [3.63, 3.8) is 0 Å². The highest BCUT2D eigenvalue weighted by Gasteiger charge is 2.19. The minimum absolute atomic E-state index is 0.101. The Morgan fingerprint density at radius 3 is 2.61 bits per heavy atom. The molecular formula is C17H19ClN4O. The number of carbonyl (C=O) groups is 1. The number of halogens is 1. The average molecular weight is 331 g/mol. The van der Waals surface area contributed by atoms with Gasteiger partial charge in [-0.15, -0.1) is 0 Å². The Morgan fingerprint density at radius 1 is 1.30 bits per heavy atom. The van der Waals surface area contributed by atoms with Crippen LogP contribution in [0.3, 0.4) is 0 Å². The normalized spacial score (nSPS) is 12.6. The second kappa shape index (κ2) is 7.24. The van der Waals surface area contributed by atoms with Gasteiger partial charge in [0.05, 0.1) is 11.2 Å². The van der Waals surface area contributed by atoms with Gasteiger partial charge in [0.25, 0.3) is 5.91 Å². The number of aromatic amines is 1. The molecule has 0 spiro atoms. The van der Waals surface area contributed by atoms with Crippen LogP contribution in [0.4, 0.5) is 0 Å². The van der Waals surface area contributed by atoms with Gasteiger partial charge in [-0.05, 0) is 17.7 Å². The van der Waals surface area contributed by atoms with E-state index in [0.29, 0.717) is 5.03 Å². The van der Waals surface area contributed by atoms with E-state index in [2.05, 4.69) is 20.7 Å². The first kappa shape index (κ1) is 17.0. The standard InChI is InChI=1S/C17H19ClN4O/c1-17(2,3)15-10-14(20-21-15)16(23)22-19-11-13(18)9-12-7-5-4-6-8-12/h4-11H,1-3H3,(H,20,21)(H,22,23)/b13-9-,19-11+. The van der Waals surface area contributed by atoms with Gasteiger partial charge < -0.3 is 0 Å². The minimum atomic E-state index is -0.392. The number of H-pyrrole nitrogens is 1. The first-order valence-corrected chi connectivity index (χ1v) is 7.55. The van der Waals surface area contributed by atoms with E-state index >= 15 is 0 Å². The topological polar surface area (TPSA) is 70.1 Å². The largest absolute Gasteiger partial charge is 0.291 e. The third kappa shape index (κ3) is 5.07. The lowest BCUT2D eigenvalue weighted by molar-refractivity contribution is 0.0950. The highest BCUT2D eigenvalue weighted by molar-refractivity contribution is 6.41. The van der Waals surface area contributed by atoms with Gasteiger partial charge in [-0.2, -0.15) is 10.2 Å². The number of rotatable bonds is 4. The van der Waals surface area contributed by atoms with Crippen LogP contribution in [0.2, 0.25) is 0 Å². The third-order valence-electron chi connectivity index (χ3n) is 3.08. The summed E-state index contributed by atoms with van der Waals surface area (Å²) < 4.78 is 0. The van der Waals surface area contributed by atoms with Crippen molar-refractivity contribution < 1.29 is 4.79 Å². The van der Waals surface area contributed by atoms with Crippen molar-refractivity contribution in [3.8, 4) is 0 Å². The summed E-state index contributed by atoms with van der Waals surface area (Å²) in [6.07, 6.45) is 3.13. The molecule has 0 atom stereocenters. The summed E-state index contributed by atoms with van der Waals surface area (Å²) in [6.45, 7) is 6.11. The second-order valence-electron chi connectivity index (χ2n) is 6.06. The van der Waals surface area contributed by atoms with Gasteiger partial charge in [-0.25, -0.2) is 5.43 Å². The molecule has 120 valence electrons. The molecule has 0 saturated carbocycles. The summed E-state index contributed by atoms with van der Waals surface area (Å²) in [6, 6.07) is 11.3. The van der Waals surface area contributed by atoms with E-state index in [0.717, 1.165) is 11.3 Å². The molecule has 6 heteroatoms. The second-order valence-corrected chi connectivity index (χ2v) is 6.49.